The summed E-state index contributed by atoms with van der Waals surface area (Å²) in [5, 5.41) is 6.15. The van der Waals surface area contributed by atoms with E-state index in [-0.39, 0.29) is 42.6 Å². The number of amides is 4. The van der Waals surface area contributed by atoms with Gasteiger partial charge in [0.1, 0.15) is 5.54 Å². The molecule has 1 atom stereocenters. The standard InChI is InChI=1S/C30H44N4O5/c1-22(2)11-17-33-20-26(35)32-30(14-7-9-23-8-3-4-10-25(23)30)29(38)31-15-5-6-16-34(21-27(33)36)28(37)24-12-18-39-19-13-24/h3-4,8,10,22,24H,5-7,9,11-21H2,1-2H3,(H,31,38)(H,32,35). The highest BCUT2D eigenvalue weighted by molar-refractivity contribution is 5.95. The fraction of sp³-hybridized carbons (Fsp3) is 0.667. The molecule has 1 spiro atoms. The van der Waals surface area contributed by atoms with Gasteiger partial charge in [0.25, 0.3) is 0 Å². The third-order valence-electron chi connectivity index (χ3n) is 8.23. The third kappa shape index (κ3) is 7.18. The molecule has 1 aliphatic carbocycles. The van der Waals surface area contributed by atoms with Crippen LogP contribution in [0.5, 0.6) is 0 Å². The van der Waals surface area contributed by atoms with Crippen LogP contribution < -0.4 is 10.6 Å². The first-order chi connectivity index (χ1) is 18.8. The molecule has 4 amide bonds. The topological polar surface area (TPSA) is 108 Å². The summed E-state index contributed by atoms with van der Waals surface area (Å²) < 4.78 is 5.43. The lowest BCUT2D eigenvalue weighted by atomic mass is 9.75. The number of nitrogens with zero attached hydrogens (tertiary/aromatic N) is 2. The first-order valence-electron chi connectivity index (χ1n) is 14.6. The molecular weight excluding hydrogens is 496 g/mol. The van der Waals surface area contributed by atoms with Crippen molar-refractivity contribution >= 4 is 23.6 Å². The van der Waals surface area contributed by atoms with Gasteiger partial charge in [0.15, 0.2) is 0 Å². The molecule has 0 bridgehead atoms. The van der Waals surface area contributed by atoms with Crippen molar-refractivity contribution in [3.8, 4) is 0 Å². The quantitative estimate of drug-likeness (QED) is 0.610. The molecule has 9 heteroatoms. The molecule has 2 saturated heterocycles. The molecule has 3 aliphatic rings. The Labute approximate surface area is 232 Å². The van der Waals surface area contributed by atoms with Crippen molar-refractivity contribution < 1.29 is 23.9 Å². The predicted octanol–water partition coefficient (Wildman–Crippen LogP) is 2.37. The van der Waals surface area contributed by atoms with Crippen LogP contribution in [-0.2, 0) is 35.9 Å². The fourth-order valence-electron chi connectivity index (χ4n) is 5.93. The smallest absolute Gasteiger partial charge is 0.250 e. The number of rotatable bonds is 4. The van der Waals surface area contributed by atoms with Gasteiger partial charge >= 0.3 is 0 Å². The van der Waals surface area contributed by atoms with Crippen LogP contribution in [0.1, 0.15) is 69.9 Å². The molecule has 0 aromatic heterocycles. The number of nitrogens with one attached hydrogen (secondary N) is 2. The van der Waals surface area contributed by atoms with E-state index >= 15 is 0 Å². The summed E-state index contributed by atoms with van der Waals surface area (Å²) in [6.45, 7) is 6.36. The molecule has 0 radical (unpaired) electrons. The minimum atomic E-state index is -1.16. The minimum absolute atomic E-state index is 0.0196. The van der Waals surface area contributed by atoms with Crippen molar-refractivity contribution in [1.29, 1.82) is 0 Å². The summed E-state index contributed by atoms with van der Waals surface area (Å²) in [6.07, 6.45) is 5.53. The summed E-state index contributed by atoms with van der Waals surface area (Å²) in [7, 11) is 0. The van der Waals surface area contributed by atoms with Crippen molar-refractivity contribution in [3.63, 3.8) is 0 Å². The molecule has 214 valence electrons. The molecule has 9 nitrogen and oxygen atoms in total. The van der Waals surface area contributed by atoms with Gasteiger partial charge in [-0.2, -0.15) is 0 Å². The van der Waals surface area contributed by atoms with Crippen molar-refractivity contribution in [2.45, 2.75) is 70.8 Å². The summed E-state index contributed by atoms with van der Waals surface area (Å²) in [6, 6.07) is 7.81. The number of benzene rings is 1. The van der Waals surface area contributed by atoms with Crippen LogP contribution in [-0.4, -0.2) is 79.4 Å². The molecule has 1 unspecified atom stereocenters. The first kappa shape index (κ1) is 29.1. The SMILES string of the molecule is CC(C)CCN1CC(=O)NC2(CCCc3ccccc32)C(=O)NCCCCN(C(=O)C2CCOCC2)CC1=O. The minimum Gasteiger partial charge on any atom is -0.381 e. The molecule has 0 saturated carbocycles. The average molecular weight is 541 g/mol. The van der Waals surface area contributed by atoms with Gasteiger partial charge in [-0.1, -0.05) is 38.1 Å². The number of carbonyl (C=O) groups is 4. The van der Waals surface area contributed by atoms with Gasteiger partial charge in [-0.3, -0.25) is 19.2 Å². The molecule has 4 rings (SSSR count). The molecule has 39 heavy (non-hydrogen) atoms. The lowest BCUT2D eigenvalue weighted by molar-refractivity contribution is -0.146. The van der Waals surface area contributed by atoms with E-state index in [2.05, 4.69) is 24.5 Å². The van der Waals surface area contributed by atoms with Crippen LogP contribution in [0.4, 0.5) is 0 Å². The van der Waals surface area contributed by atoms with Crippen LogP contribution in [0.3, 0.4) is 0 Å². The van der Waals surface area contributed by atoms with Crippen LogP contribution in [0.15, 0.2) is 24.3 Å². The molecular formula is C30H44N4O5. The van der Waals surface area contributed by atoms with E-state index in [4.69, 9.17) is 4.74 Å². The molecule has 2 N–H and O–H groups in total. The number of hydrogen-bond acceptors (Lipinski definition) is 5. The molecule has 2 aliphatic heterocycles. The molecule has 2 fully saturated rings. The second-order valence-corrected chi connectivity index (χ2v) is 11.6. The van der Waals surface area contributed by atoms with Gasteiger partial charge in [-0.15, -0.1) is 0 Å². The Morgan fingerprint density at radius 2 is 1.85 bits per heavy atom. The van der Waals surface area contributed by atoms with Crippen molar-refractivity contribution in [2.75, 3.05) is 45.9 Å². The zero-order valence-electron chi connectivity index (χ0n) is 23.5. The zero-order valence-corrected chi connectivity index (χ0v) is 23.5. The number of carbonyl (C=O) groups excluding carboxylic acids is 4. The highest BCUT2D eigenvalue weighted by atomic mass is 16.5. The highest BCUT2D eigenvalue weighted by Gasteiger charge is 2.44. The van der Waals surface area contributed by atoms with Crippen molar-refractivity contribution in [1.82, 2.24) is 20.4 Å². The maximum Gasteiger partial charge on any atom is 0.250 e. The average Bonchev–Trinajstić information content (AvgIpc) is 2.93. The number of aryl methyl sites for hydroxylation is 1. The molecule has 1 aromatic carbocycles. The Morgan fingerprint density at radius 3 is 2.62 bits per heavy atom. The Balaban J connectivity index is 1.59. The fourth-order valence-corrected chi connectivity index (χ4v) is 5.93. The van der Waals surface area contributed by atoms with E-state index in [0.29, 0.717) is 70.9 Å². The van der Waals surface area contributed by atoms with Gasteiger partial charge in [-0.25, -0.2) is 0 Å². The number of hydrogen-bond donors (Lipinski definition) is 2. The number of fused-ring (bicyclic) bond motifs is 2. The van der Waals surface area contributed by atoms with E-state index in [0.717, 1.165) is 30.4 Å². The second kappa shape index (κ2) is 13.4. The lowest BCUT2D eigenvalue weighted by Crippen LogP contribution is -2.60. The van der Waals surface area contributed by atoms with Crippen LogP contribution in [0.25, 0.3) is 0 Å². The van der Waals surface area contributed by atoms with Crippen molar-refractivity contribution in [3.05, 3.63) is 35.4 Å². The van der Waals surface area contributed by atoms with Gasteiger partial charge in [0.2, 0.25) is 23.6 Å². The maximum absolute atomic E-state index is 13.7. The van der Waals surface area contributed by atoms with Crippen LogP contribution in [0, 0.1) is 11.8 Å². The largest absolute Gasteiger partial charge is 0.381 e. The summed E-state index contributed by atoms with van der Waals surface area (Å²) in [5.41, 5.74) is 0.742. The van der Waals surface area contributed by atoms with Crippen LogP contribution in [0.2, 0.25) is 0 Å². The Morgan fingerprint density at radius 1 is 1.08 bits per heavy atom. The van der Waals surface area contributed by atoms with Crippen LogP contribution >= 0.6 is 0 Å². The summed E-state index contributed by atoms with van der Waals surface area (Å²) in [5.74, 6) is -0.631. The summed E-state index contributed by atoms with van der Waals surface area (Å²) >= 11 is 0. The van der Waals surface area contributed by atoms with Gasteiger partial charge in [0, 0.05) is 38.8 Å². The third-order valence-corrected chi connectivity index (χ3v) is 8.23. The number of ether oxygens (including phenoxy) is 1. The monoisotopic (exact) mass is 540 g/mol. The normalized spacial score (nSPS) is 24.2. The Hall–Kier alpha value is -2.94. The van der Waals surface area contributed by atoms with Gasteiger partial charge < -0.3 is 25.2 Å². The molecule has 2 heterocycles. The predicted molar refractivity (Wildman–Crippen MR) is 148 cm³/mol. The lowest BCUT2D eigenvalue weighted by Gasteiger charge is -2.39. The maximum atomic E-state index is 13.7. The Kier molecular flexibility index (Phi) is 9.99. The molecule has 1 aromatic rings. The van der Waals surface area contributed by atoms with Gasteiger partial charge in [-0.05, 0) is 68.4 Å². The van der Waals surface area contributed by atoms with Gasteiger partial charge in [0.05, 0.1) is 13.1 Å². The van der Waals surface area contributed by atoms with E-state index < -0.39 is 5.54 Å². The van der Waals surface area contributed by atoms with E-state index in [9.17, 15) is 19.2 Å². The zero-order chi connectivity index (χ0) is 27.8. The Bertz CT molecular complexity index is 1040. The van der Waals surface area contributed by atoms with E-state index in [1.165, 1.54) is 0 Å². The van der Waals surface area contributed by atoms with Crippen molar-refractivity contribution in [2.24, 2.45) is 11.8 Å². The highest BCUT2D eigenvalue weighted by Crippen LogP contribution is 2.36. The van der Waals surface area contributed by atoms with E-state index in [1.807, 2.05) is 24.3 Å². The second-order valence-electron chi connectivity index (χ2n) is 11.6. The summed E-state index contributed by atoms with van der Waals surface area (Å²) in [4.78, 5) is 57.5. The van der Waals surface area contributed by atoms with E-state index in [1.54, 1.807) is 9.80 Å². The first-order valence-corrected chi connectivity index (χ1v) is 14.6.